The van der Waals surface area contributed by atoms with Crippen molar-refractivity contribution in [2.45, 2.75) is 105 Å². The van der Waals surface area contributed by atoms with Crippen molar-refractivity contribution in [3.05, 3.63) is 48.0 Å². The van der Waals surface area contributed by atoms with E-state index in [1.54, 1.807) is 0 Å². The summed E-state index contributed by atoms with van der Waals surface area (Å²) in [6.07, 6.45) is 9.77. The van der Waals surface area contributed by atoms with Gasteiger partial charge in [0.15, 0.2) is 0 Å². The van der Waals surface area contributed by atoms with E-state index in [-0.39, 0.29) is 5.41 Å². The highest BCUT2D eigenvalue weighted by atomic mass is 16.5. The van der Waals surface area contributed by atoms with E-state index in [2.05, 4.69) is 90.9 Å². The fourth-order valence-corrected chi connectivity index (χ4v) is 5.08. The number of benzene rings is 3. The van der Waals surface area contributed by atoms with Gasteiger partial charge in [-0.2, -0.15) is 0 Å². The molecule has 2 atom stereocenters. The maximum atomic E-state index is 6.75. The van der Waals surface area contributed by atoms with Gasteiger partial charge in [-0.05, 0) is 41.7 Å². The third-order valence-corrected chi connectivity index (χ3v) is 7.80. The topological polar surface area (TPSA) is 18.5 Å². The second-order valence-electron chi connectivity index (χ2n) is 11.7. The Bertz CT molecular complexity index is 1090. The van der Waals surface area contributed by atoms with Gasteiger partial charge < -0.3 is 9.47 Å². The summed E-state index contributed by atoms with van der Waals surface area (Å²) in [7, 11) is 0. The molecule has 198 valence electrons. The predicted octanol–water partition coefficient (Wildman–Crippen LogP) is 10.5. The van der Waals surface area contributed by atoms with Crippen LogP contribution in [-0.4, -0.2) is 13.2 Å². The van der Waals surface area contributed by atoms with Crippen LogP contribution >= 0.6 is 0 Å². The molecule has 0 saturated carbocycles. The predicted molar refractivity (Wildman–Crippen MR) is 158 cm³/mol. The molecule has 0 aliphatic rings. The van der Waals surface area contributed by atoms with E-state index in [1.807, 2.05) is 0 Å². The van der Waals surface area contributed by atoms with Crippen LogP contribution in [0.4, 0.5) is 0 Å². The largest absolute Gasteiger partial charge is 0.492 e. The Hall–Kier alpha value is -2.22. The molecule has 0 amide bonds. The molecule has 0 aliphatic heterocycles. The molecule has 0 radical (unpaired) electrons. The quantitative estimate of drug-likeness (QED) is 0.209. The smallest absolute Gasteiger partial charge is 0.135 e. The van der Waals surface area contributed by atoms with Crippen LogP contribution in [0.1, 0.15) is 105 Å². The molecule has 0 N–H and O–H groups in total. The van der Waals surface area contributed by atoms with E-state index < -0.39 is 0 Å². The van der Waals surface area contributed by atoms with E-state index >= 15 is 0 Å². The Balaban J connectivity index is 2.12. The highest BCUT2D eigenvalue weighted by molar-refractivity contribution is 6.11. The van der Waals surface area contributed by atoms with Gasteiger partial charge in [-0.15, -0.1) is 0 Å². The van der Waals surface area contributed by atoms with Gasteiger partial charge >= 0.3 is 0 Å². The SMILES string of the molecule is CCCCC(CC)COc1c2ccccc2c(OCC(CC)CCCC)c2cc(C(C)(C)C)ccc12. The van der Waals surface area contributed by atoms with Crippen molar-refractivity contribution in [2.24, 2.45) is 11.8 Å². The Kier molecular flexibility index (Phi) is 10.5. The molecule has 3 aromatic carbocycles. The number of unbranched alkanes of at least 4 members (excludes halogenated alkanes) is 2. The van der Waals surface area contributed by atoms with E-state index in [9.17, 15) is 0 Å². The van der Waals surface area contributed by atoms with E-state index in [0.29, 0.717) is 11.8 Å². The van der Waals surface area contributed by atoms with Crippen LogP contribution < -0.4 is 9.47 Å². The molecule has 0 aliphatic carbocycles. The molecule has 0 aromatic heterocycles. The number of rotatable bonds is 14. The van der Waals surface area contributed by atoms with Gasteiger partial charge in [0.25, 0.3) is 0 Å². The molecule has 3 aromatic rings. The summed E-state index contributed by atoms with van der Waals surface area (Å²) in [5.41, 5.74) is 1.40. The Morgan fingerprint density at radius 1 is 0.639 bits per heavy atom. The zero-order valence-electron chi connectivity index (χ0n) is 24.1. The summed E-state index contributed by atoms with van der Waals surface area (Å²) in [5, 5.41) is 4.68. The summed E-state index contributed by atoms with van der Waals surface area (Å²) in [6.45, 7) is 17.5. The van der Waals surface area contributed by atoms with Crippen molar-refractivity contribution >= 4 is 21.5 Å². The Morgan fingerprint density at radius 3 is 1.56 bits per heavy atom. The minimum absolute atomic E-state index is 0.0681. The van der Waals surface area contributed by atoms with Crippen LogP contribution in [0.2, 0.25) is 0 Å². The molecule has 0 spiro atoms. The fourth-order valence-electron chi connectivity index (χ4n) is 5.08. The molecular formula is C34H50O2. The van der Waals surface area contributed by atoms with Gasteiger partial charge in [0.2, 0.25) is 0 Å². The normalized spacial score (nSPS) is 13.8. The van der Waals surface area contributed by atoms with Crippen LogP contribution in [-0.2, 0) is 5.41 Å². The molecule has 0 bridgehead atoms. The first-order valence-electron chi connectivity index (χ1n) is 14.6. The number of ether oxygens (including phenoxy) is 2. The third-order valence-electron chi connectivity index (χ3n) is 7.80. The minimum atomic E-state index is 0.0681. The van der Waals surface area contributed by atoms with Gasteiger partial charge in [0.05, 0.1) is 13.2 Å². The van der Waals surface area contributed by atoms with Crippen LogP contribution in [0.15, 0.2) is 42.5 Å². The zero-order chi connectivity index (χ0) is 26.1. The first-order chi connectivity index (χ1) is 17.3. The van der Waals surface area contributed by atoms with Crippen molar-refractivity contribution in [3.63, 3.8) is 0 Å². The minimum Gasteiger partial charge on any atom is -0.492 e. The lowest BCUT2D eigenvalue weighted by Crippen LogP contribution is -2.14. The average Bonchev–Trinajstić information content (AvgIpc) is 2.88. The fraction of sp³-hybridized carbons (Fsp3) is 0.588. The summed E-state index contributed by atoms with van der Waals surface area (Å²) in [4.78, 5) is 0. The number of fused-ring (bicyclic) bond motifs is 2. The summed E-state index contributed by atoms with van der Waals surface area (Å²) < 4.78 is 13.5. The second-order valence-corrected chi connectivity index (χ2v) is 11.7. The number of hydrogen-bond acceptors (Lipinski definition) is 2. The summed E-state index contributed by atoms with van der Waals surface area (Å²) >= 11 is 0. The standard InChI is InChI=1S/C34H50O2/c1-8-12-16-25(10-3)23-35-32-28-18-14-15-19-29(28)33(36-24-26(11-4)17-13-9-2)31-22-27(34(5,6)7)20-21-30(31)32/h14-15,18-22,25-26H,8-13,16-17,23-24H2,1-7H3. The highest BCUT2D eigenvalue weighted by Gasteiger charge is 2.21. The third kappa shape index (κ3) is 6.96. The van der Waals surface area contributed by atoms with Crippen molar-refractivity contribution in [1.82, 2.24) is 0 Å². The molecule has 2 nitrogen and oxygen atoms in total. The summed E-state index contributed by atoms with van der Waals surface area (Å²) in [6, 6.07) is 15.6. The molecule has 2 unspecified atom stereocenters. The first kappa shape index (κ1) is 28.4. The van der Waals surface area contributed by atoms with E-state index in [4.69, 9.17) is 9.47 Å². The molecular weight excluding hydrogens is 440 g/mol. The Labute approximate surface area is 220 Å². The average molecular weight is 491 g/mol. The lowest BCUT2D eigenvalue weighted by Gasteiger charge is -2.24. The van der Waals surface area contributed by atoms with Gasteiger partial charge in [-0.25, -0.2) is 0 Å². The van der Waals surface area contributed by atoms with Crippen molar-refractivity contribution in [2.75, 3.05) is 13.2 Å². The Morgan fingerprint density at radius 2 is 1.11 bits per heavy atom. The van der Waals surface area contributed by atoms with Crippen molar-refractivity contribution in [3.8, 4) is 11.5 Å². The van der Waals surface area contributed by atoms with Gasteiger partial charge in [0.1, 0.15) is 11.5 Å². The van der Waals surface area contributed by atoms with Crippen LogP contribution in [0.3, 0.4) is 0 Å². The van der Waals surface area contributed by atoms with E-state index in [1.165, 1.54) is 54.9 Å². The monoisotopic (exact) mass is 490 g/mol. The molecule has 2 heteroatoms. The molecule has 3 rings (SSSR count). The molecule has 36 heavy (non-hydrogen) atoms. The van der Waals surface area contributed by atoms with Gasteiger partial charge in [-0.1, -0.05) is 123 Å². The lowest BCUT2D eigenvalue weighted by atomic mass is 9.85. The van der Waals surface area contributed by atoms with Crippen LogP contribution in [0.25, 0.3) is 21.5 Å². The number of hydrogen-bond donors (Lipinski definition) is 0. The van der Waals surface area contributed by atoms with Crippen molar-refractivity contribution < 1.29 is 9.47 Å². The van der Waals surface area contributed by atoms with Crippen LogP contribution in [0.5, 0.6) is 11.5 Å². The van der Waals surface area contributed by atoms with Gasteiger partial charge in [0, 0.05) is 21.5 Å². The second kappa shape index (κ2) is 13.4. The van der Waals surface area contributed by atoms with E-state index in [0.717, 1.165) is 48.3 Å². The zero-order valence-corrected chi connectivity index (χ0v) is 24.1. The molecule has 0 fully saturated rings. The van der Waals surface area contributed by atoms with Crippen molar-refractivity contribution in [1.29, 1.82) is 0 Å². The molecule has 0 saturated heterocycles. The summed E-state index contributed by atoms with van der Waals surface area (Å²) in [5.74, 6) is 3.21. The highest BCUT2D eigenvalue weighted by Crippen LogP contribution is 2.44. The van der Waals surface area contributed by atoms with Gasteiger partial charge in [-0.3, -0.25) is 0 Å². The maximum absolute atomic E-state index is 6.75. The lowest BCUT2D eigenvalue weighted by molar-refractivity contribution is 0.234. The first-order valence-corrected chi connectivity index (χ1v) is 14.6. The van der Waals surface area contributed by atoms with Crippen LogP contribution in [0, 0.1) is 11.8 Å². The molecule has 0 heterocycles. The maximum Gasteiger partial charge on any atom is 0.135 e.